The topological polar surface area (TPSA) is 42.4 Å². The van der Waals surface area contributed by atoms with Gasteiger partial charge >= 0.3 is 0 Å². The van der Waals surface area contributed by atoms with Gasteiger partial charge in [-0.05, 0) is 24.5 Å². The van der Waals surface area contributed by atoms with Crippen LogP contribution in [0.15, 0.2) is 12.3 Å². The molecule has 0 aliphatic carbocycles. The summed E-state index contributed by atoms with van der Waals surface area (Å²) in [4.78, 5) is 8.37. The minimum Gasteiger partial charge on any atom is -0.338 e. The van der Waals surface area contributed by atoms with Gasteiger partial charge in [-0.15, -0.1) is 0 Å². The number of hydrogen-bond acceptors (Lipinski definition) is 3. The second-order valence-corrected chi connectivity index (χ2v) is 2.59. The van der Waals surface area contributed by atoms with Crippen LogP contribution in [0, 0.1) is 0 Å². The fraction of sp³-hybridized carbons (Fsp3) is 0.444. The third-order valence-electron chi connectivity index (χ3n) is 1.83. The van der Waals surface area contributed by atoms with E-state index in [0.29, 0.717) is 5.75 Å². The smallest absolute Gasteiger partial charge is 0.186 e. The van der Waals surface area contributed by atoms with Crippen LogP contribution in [-0.2, 0) is 12.8 Å². The van der Waals surface area contributed by atoms with E-state index in [2.05, 4.69) is 9.87 Å². The molecule has 0 aromatic carbocycles. The van der Waals surface area contributed by atoms with E-state index < -0.39 is 0 Å². The van der Waals surface area contributed by atoms with Crippen molar-refractivity contribution in [1.29, 1.82) is 0 Å². The predicted octanol–water partition coefficient (Wildman–Crippen LogP) is 2.06. The van der Waals surface area contributed by atoms with Gasteiger partial charge < -0.3 is 4.89 Å². The van der Waals surface area contributed by atoms with Crippen molar-refractivity contribution in [3.8, 4) is 5.75 Å². The molecule has 0 bridgehead atoms. The summed E-state index contributed by atoms with van der Waals surface area (Å²) < 4.78 is 0. The van der Waals surface area contributed by atoms with Gasteiger partial charge in [-0.1, -0.05) is 13.8 Å². The molecule has 0 spiro atoms. The lowest BCUT2D eigenvalue weighted by Crippen LogP contribution is -1.96. The molecule has 1 rings (SSSR count). The molecule has 0 unspecified atom stereocenters. The summed E-state index contributed by atoms with van der Waals surface area (Å²) >= 11 is 0. The first kappa shape index (κ1) is 9.00. The van der Waals surface area contributed by atoms with Crippen molar-refractivity contribution in [2.45, 2.75) is 26.7 Å². The van der Waals surface area contributed by atoms with Crippen molar-refractivity contribution in [2.24, 2.45) is 0 Å². The lowest BCUT2D eigenvalue weighted by Gasteiger charge is -2.04. The van der Waals surface area contributed by atoms with E-state index in [0.717, 1.165) is 24.1 Å². The summed E-state index contributed by atoms with van der Waals surface area (Å²) in [5, 5.41) is 8.53. The Kier molecular flexibility index (Phi) is 3.05. The summed E-state index contributed by atoms with van der Waals surface area (Å²) in [6.07, 6.45) is 3.47. The maximum atomic E-state index is 8.53. The molecular weight excluding hydrogens is 154 g/mol. The molecule has 0 saturated carbocycles. The van der Waals surface area contributed by atoms with Gasteiger partial charge in [0.05, 0.1) is 5.69 Å². The van der Waals surface area contributed by atoms with Crippen LogP contribution in [0.4, 0.5) is 0 Å². The van der Waals surface area contributed by atoms with Gasteiger partial charge in [-0.2, -0.15) is 0 Å². The van der Waals surface area contributed by atoms with E-state index in [1.54, 1.807) is 6.20 Å². The Hall–Kier alpha value is -1.09. The monoisotopic (exact) mass is 167 g/mol. The summed E-state index contributed by atoms with van der Waals surface area (Å²) in [6, 6.07) is 1.81. The summed E-state index contributed by atoms with van der Waals surface area (Å²) in [6.45, 7) is 4.00. The van der Waals surface area contributed by atoms with E-state index >= 15 is 0 Å². The van der Waals surface area contributed by atoms with E-state index in [9.17, 15) is 0 Å². The highest BCUT2D eigenvalue weighted by atomic mass is 17.1. The Bertz CT molecular complexity index is 261. The zero-order chi connectivity index (χ0) is 8.97. The molecule has 3 heteroatoms. The van der Waals surface area contributed by atoms with Crippen LogP contribution >= 0.6 is 0 Å². The number of nitrogens with zero attached hydrogens (tertiary/aromatic N) is 1. The second kappa shape index (κ2) is 4.07. The molecule has 0 radical (unpaired) electrons. The normalized spacial score (nSPS) is 9.92. The summed E-state index contributed by atoms with van der Waals surface area (Å²) in [5.41, 5.74) is 1.85. The minimum atomic E-state index is 0.469. The Labute approximate surface area is 71.9 Å². The quantitative estimate of drug-likeness (QED) is 0.553. The average Bonchev–Trinajstić information content (AvgIpc) is 2.16. The van der Waals surface area contributed by atoms with Crippen molar-refractivity contribution in [2.75, 3.05) is 0 Å². The van der Waals surface area contributed by atoms with Crippen molar-refractivity contribution >= 4 is 0 Å². The van der Waals surface area contributed by atoms with Crippen LogP contribution in [0.1, 0.15) is 25.1 Å². The van der Waals surface area contributed by atoms with Gasteiger partial charge in [-0.25, -0.2) is 5.26 Å². The molecule has 12 heavy (non-hydrogen) atoms. The number of pyridine rings is 1. The Morgan fingerprint density at radius 1 is 1.42 bits per heavy atom. The number of rotatable bonds is 3. The molecule has 66 valence electrons. The van der Waals surface area contributed by atoms with Crippen molar-refractivity contribution < 1.29 is 10.1 Å². The molecule has 0 fully saturated rings. The lowest BCUT2D eigenvalue weighted by molar-refractivity contribution is -0.138. The molecule has 0 saturated heterocycles. The molecule has 1 heterocycles. The highest BCUT2D eigenvalue weighted by Gasteiger charge is 2.03. The largest absolute Gasteiger partial charge is 0.338 e. The lowest BCUT2D eigenvalue weighted by atomic mass is 10.2. The van der Waals surface area contributed by atoms with E-state index in [-0.39, 0.29) is 0 Å². The molecule has 0 amide bonds. The van der Waals surface area contributed by atoms with Crippen LogP contribution in [0.3, 0.4) is 0 Å². The fourth-order valence-corrected chi connectivity index (χ4v) is 1.05. The third-order valence-corrected chi connectivity index (χ3v) is 1.83. The standard InChI is InChI=1S/C9H13NO2/c1-3-7-5-9(12-11)8(4-2)10-6-7/h5-6,11H,3-4H2,1-2H3. The molecule has 0 aliphatic heterocycles. The zero-order valence-electron chi connectivity index (χ0n) is 7.37. The fourth-order valence-electron chi connectivity index (χ4n) is 1.05. The molecule has 0 atom stereocenters. The van der Waals surface area contributed by atoms with Crippen LogP contribution in [0.25, 0.3) is 0 Å². The van der Waals surface area contributed by atoms with Crippen molar-refractivity contribution in [3.63, 3.8) is 0 Å². The zero-order valence-corrected chi connectivity index (χ0v) is 7.37. The Morgan fingerprint density at radius 3 is 2.67 bits per heavy atom. The van der Waals surface area contributed by atoms with Crippen LogP contribution in [0.2, 0.25) is 0 Å². The van der Waals surface area contributed by atoms with Gasteiger partial charge in [0.1, 0.15) is 0 Å². The van der Waals surface area contributed by atoms with Crippen molar-refractivity contribution in [3.05, 3.63) is 23.5 Å². The summed E-state index contributed by atoms with van der Waals surface area (Å²) in [7, 11) is 0. The van der Waals surface area contributed by atoms with Crippen LogP contribution in [-0.4, -0.2) is 10.2 Å². The third kappa shape index (κ3) is 1.74. The highest BCUT2D eigenvalue weighted by molar-refractivity contribution is 5.30. The second-order valence-electron chi connectivity index (χ2n) is 2.59. The molecular formula is C9H13NO2. The van der Waals surface area contributed by atoms with E-state index in [1.165, 1.54) is 0 Å². The Morgan fingerprint density at radius 2 is 2.17 bits per heavy atom. The van der Waals surface area contributed by atoms with E-state index in [1.807, 2.05) is 19.9 Å². The van der Waals surface area contributed by atoms with Gasteiger partial charge in [0.25, 0.3) is 0 Å². The molecule has 0 aliphatic rings. The van der Waals surface area contributed by atoms with Gasteiger partial charge in [0.2, 0.25) is 0 Å². The first-order valence-electron chi connectivity index (χ1n) is 4.11. The first-order valence-corrected chi connectivity index (χ1v) is 4.11. The molecule has 1 aromatic rings. The van der Waals surface area contributed by atoms with Gasteiger partial charge in [0, 0.05) is 6.20 Å². The van der Waals surface area contributed by atoms with E-state index in [4.69, 9.17) is 5.26 Å². The predicted molar refractivity (Wildman–Crippen MR) is 46.2 cm³/mol. The van der Waals surface area contributed by atoms with Gasteiger partial charge in [-0.3, -0.25) is 4.98 Å². The summed E-state index contributed by atoms with van der Waals surface area (Å²) in [5.74, 6) is 0.469. The number of aryl methyl sites for hydroxylation is 2. The Balaban J connectivity index is 3.02. The molecule has 1 aromatic heterocycles. The number of hydrogen-bond donors (Lipinski definition) is 1. The number of aromatic nitrogens is 1. The molecule has 1 N–H and O–H groups in total. The highest BCUT2D eigenvalue weighted by Crippen LogP contribution is 2.17. The van der Waals surface area contributed by atoms with Crippen LogP contribution < -0.4 is 4.89 Å². The van der Waals surface area contributed by atoms with Crippen molar-refractivity contribution in [1.82, 2.24) is 4.98 Å². The van der Waals surface area contributed by atoms with Crippen LogP contribution in [0.5, 0.6) is 5.75 Å². The average molecular weight is 167 g/mol. The minimum absolute atomic E-state index is 0.469. The van der Waals surface area contributed by atoms with Gasteiger partial charge in [0.15, 0.2) is 5.75 Å². The maximum Gasteiger partial charge on any atom is 0.186 e. The SMILES string of the molecule is CCc1cnc(CC)c(OO)c1. The maximum absolute atomic E-state index is 8.53. The first-order chi connectivity index (χ1) is 5.81. The molecule has 3 nitrogen and oxygen atoms in total.